The number of aryl methyl sites for hydroxylation is 1. The largest absolute Gasteiger partial charge is 0.307 e. The van der Waals surface area contributed by atoms with Gasteiger partial charge in [0.15, 0.2) is 0 Å². The molecule has 0 bridgehead atoms. The summed E-state index contributed by atoms with van der Waals surface area (Å²) in [6.45, 7) is 13.2. The van der Waals surface area contributed by atoms with Crippen molar-refractivity contribution in [3.05, 3.63) is 22.2 Å². The van der Waals surface area contributed by atoms with Crippen LogP contribution in [0.25, 0.3) is 5.57 Å². The van der Waals surface area contributed by atoms with Crippen LogP contribution >= 0.6 is 11.3 Å². The smallest absolute Gasteiger partial charge is 0.0901 e. The second-order valence-corrected chi connectivity index (χ2v) is 4.18. The van der Waals surface area contributed by atoms with Crippen molar-refractivity contribution in [2.45, 2.75) is 47.6 Å². The van der Waals surface area contributed by atoms with Crippen molar-refractivity contribution < 1.29 is 0 Å². The van der Waals surface area contributed by atoms with Gasteiger partial charge >= 0.3 is 0 Å². The molecule has 1 N–H and O–H groups in total. The van der Waals surface area contributed by atoms with Crippen LogP contribution < -0.4 is 5.32 Å². The number of hydrogen-bond acceptors (Lipinski definition) is 3. The zero-order chi connectivity index (χ0) is 12.6. The Kier molecular flexibility index (Phi) is 8.12. The normalized spacial score (nSPS) is 17.9. The summed E-state index contributed by atoms with van der Waals surface area (Å²) < 4.78 is 0. The molecule has 2 rings (SSSR count). The molecule has 0 saturated heterocycles. The minimum atomic E-state index is 0.502. The molecule has 0 radical (unpaired) electrons. The fourth-order valence-corrected chi connectivity index (χ4v) is 2.01. The van der Waals surface area contributed by atoms with Crippen LogP contribution in [0, 0.1) is 6.92 Å². The molecule has 1 aliphatic rings. The standard InChI is InChI=1S/C9H12N2S.2C2H6/c1-6-3-8(4-10-6)9-5-12-7(2)11-9;2*1-2/h3,5-6,10H,4H2,1-2H3;2*1-2H3. The molecule has 0 spiro atoms. The Labute approximate surface area is 104 Å². The highest BCUT2D eigenvalue weighted by molar-refractivity contribution is 7.09. The molecular formula is C13H24N2S. The first-order valence-corrected chi connectivity index (χ1v) is 7.00. The Morgan fingerprint density at radius 2 is 1.94 bits per heavy atom. The van der Waals surface area contributed by atoms with E-state index in [1.807, 2.05) is 34.6 Å². The van der Waals surface area contributed by atoms with Crippen LogP contribution in [0.15, 0.2) is 11.5 Å². The summed E-state index contributed by atoms with van der Waals surface area (Å²) in [5.41, 5.74) is 2.49. The second-order valence-electron chi connectivity index (χ2n) is 3.11. The molecule has 0 saturated carbocycles. The molecule has 1 aliphatic heterocycles. The average Bonchev–Trinajstić information content (AvgIpc) is 2.93. The molecule has 2 nitrogen and oxygen atoms in total. The highest BCUT2D eigenvalue weighted by Crippen LogP contribution is 2.20. The first-order chi connectivity index (χ1) is 7.75. The van der Waals surface area contributed by atoms with Crippen molar-refractivity contribution in [3.63, 3.8) is 0 Å². The van der Waals surface area contributed by atoms with Gasteiger partial charge in [-0.25, -0.2) is 4.98 Å². The fraction of sp³-hybridized carbons (Fsp3) is 0.615. The molecule has 2 heterocycles. The van der Waals surface area contributed by atoms with Crippen molar-refractivity contribution in [1.82, 2.24) is 10.3 Å². The maximum absolute atomic E-state index is 4.44. The van der Waals surface area contributed by atoms with Crippen molar-refractivity contribution in [2.24, 2.45) is 0 Å². The van der Waals surface area contributed by atoms with Gasteiger partial charge in [-0.3, -0.25) is 0 Å². The summed E-state index contributed by atoms with van der Waals surface area (Å²) >= 11 is 1.71. The lowest BCUT2D eigenvalue weighted by atomic mass is 10.2. The molecule has 0 aliphatic carbocycles. The Morgan fingerprint density at radius 3 is 2.31 bits per heavy atom. The number of hydrogen-bond donors (Lipinski definition) is 1. The van der Waals surface area contributed by atoms with E-state index >= 15 is 0 Å². The number of rotatable bonds is 1. The summed E-state index contributed by atoms with van der Waals surface area (Å²) in [6.07, 6.45) is 2.24. The first-order valence-electron chi connectivity index (χ1n) is 6.12. The second kappa shape index (κ2) is 8.48. The van der Waals surface area contributed by atoms with E-state index in [0.717, 1.165) is 17.2 Å². The van der Waals surface area contributed by atoms with Crippen LogP contribution in [0.3, 0.4) is 0 Å². The van der Waals surface area contributed by atoms with E-state index in [0.29, 0.717) is 6.04 Å². The maximum atomic E-state index is 4.44. The summed E-state index contributed by atoms with van der Waals surface area (Å²) in [4.78, 5) is 4.44. The van der Waals surface area contributed by atoms with Gasteiger partial charge in [0.05, 0.1) is 10.7 Å². The molecule has 0 amide bonds. The molecule has 0 fully saturated rings. The summed E-state index contributed by atoms with van der Waals surface area (Å²) in [5, 5.41) is 6.62. The fourth-order valence-electron chi connectivity index (χ4n) is 1.38. The third-order valence-electron chi connectivity index (χ3n) is 2.01. The summed E-state index contributed by atoms with van der Waals surface area (Å²) in [6, 6.07) is 0.502. The average molecular weight is 240 g/mol. The van der Waals surface area contributed by atoms with Gasteiger partial charge in [-0.05, 0) is 19.4 Å². The van der Waals surface area contributed by atoms with Gasteiger partial charge in [0.25, 0.3) is 0 Å². The van der Waals surface area contributed by atoms with Crippen molar-refractivity contribution in [3.8, 4) is 0 Å². The van der Waals surface area contributed by atoms with E-state index in [1.54, 1.807) is 11.3 Å². The highest BCUT2D eigenvalue weighted by atomic mass is 32.1. The molecule has 1 atom stereocenters. The zero-order valence-electron chi connectivity index (χ0n) is 11.3. The molecule has 3 heteroatoms. The van der Waals surface area contributed by atoms with Gasteiger partial charge in [-0.2, -0.15) is 0 Å². The van der Waals surface area contributed by atoms with Crippen LogP contribution in [0.4, 0.5) is 0 Å². The lowest BCUT2D eigenvalue weighted by Crippen LogP contribution is -2.17. The van der Waals surface area contributed by atoms with Crippen LogP contribution in [0.1, 0.15) is 45.3 Å². The van der Waals surface area contributed by atoms with Gasteiger partial charge in [0.2, 0.25) is 0 Å². The minimum absolute atomic E-state index is 0.502. The van der Waals surface area contributed by atoms with E-state index in [9.17, 15) is 0 Å². The SMILES string of the molecule is CC.CC.Cc1nc(C2=CC(C)NC2)cs1. The van der Waals surface area contributed by atoms with Gasteiger partial charge in [-0.15, -0.1) is 11.3 Å². The predicted octanol–water partition coefficient (Wildman–Crippen LogP) is 3.88. The predicted molar refractivity (Wildman–Crippen MR) is 75.0 cm³/mol. The van der Waals surface area contributed by atoms with Gasteiger partial charge in [0.1, 0.15) is 0 Å². The molecule has 1 aromatic rings. The van der Waals surface area contributed by atoms with Crippen molar-refractivity contribution in [2.75, 3.05) is 6.54 Å². The summed E-state index contributed by atoms with van der Waals surface area (Å²) in [5.74, 6) is 0. The van der Waals surface area contributed by atoms with E-state index in [2.05, 4.69) is 28.7 Å². The lowest BCUT2D eigenvalue weighted by Gasteiger charge is -1.95. The monoisotopic (exact) mass is 240 g/mol. The van der Waals surface area contributed by atoms with Crippen LogP contribution in [-0.4, -0.2) is 17.6 Å². The van der Waals surface area contributed by atoms with Crippen LogP contribution in [0.2, 0.25) is 0 Å². The highest BCUT2D eigenvalue weighted by Gasteiger charge is 2.13. The third kappa shape index (κ3) is 4.45. The van der Waals surface area contributed by atoms with E-state index < -0.39 is 0 Å². The third-order valence-corrected chi connectivity index (χ3v) is 2.79. The minimum Gasteiger partial charge on any atom is -0.307 e. The lowest BCUT2D eigenvalue weighted by molar-refractivity contribution is 0.728. The molecule has 0 aromatic carbocycles. The van der Waals surface area contributed by atoms with Crippen molar-refractivity contribution in [1.29, 1.82) is 0 Å². The number of nitrogens with one attached hydrogen (secondary N) is 1. The first kappa shape index (κ1) is 15.3. The van der Waals surface area contributed by atoms with Crippen molar-refractivity contribution >= 4 is 16.9 Å². The molecular weight excluding hydrogens is 216 g/mol. The summed E-state index contributed by atoms with van der Waals surface area (Å²) in [7, 11) is 0. The van der Waals surface area contributed by atoms with Gasteiger partial charge < -0.3 is 5.32 Å². The van der Waals surface area contributed by atoms with E-state index in [-0.39, 0.29) is 0 Å². The number of aromatic nitrogens is 1. The Morgan fingerprint density at radius 1 is 1.31 bits per heavy atom. The van der Waals surface area contributed by atoms with E-state index in [1.165, 1.54) is 5.57 Å². The maximum Gasteiger partial charge on any atom is 0.0901 e. The number of thiazole rings is 1. The van der Waals surface area contributed by atoms with Gasteiger partial charge in [0, 0.05) is 18.0 Å². The molecule has 92 valence electrons. The van der Waals surface area contributed by atoms with Crippen LogP contribution in [-0.2, 0) is 0 Å². The Balaban J connectivity index is 0.000000509. The van der Waals surface area contributed by atoms with Crippen LogP contribution in [0.5, 0.6) is 0 Å². The Bertz CT molecular complexity index is 315. The topological polar surface area (TPSA) is 24.9 Å². The van der Waals surface area contributed by atoms with E-state index in [4.69, 9.17) is 0 Å². The number of nitrogens with zero attached hydrogens (tertiary/aromatic N) is 1. The molecule has 1 unspecified atom stereocenters. The van der Waals surface area contributed by atoms with Gasteiger partial charge in [-0.1, -0.05) is 33.8 Å². The Hall–Kier alpha value is -0.670. The molecule has 1 aromatic heterocycles. The zero-order valence-corrected chi connectivity index (χ0v) is 12.1. The molecule has 16 heavy (non-hydrogen) atoms. The quantitative estimate of drug-likeness (QED) is 0.806.